The largest absolute Gasteiger partial charge is 0.467 e. The average Bonchev–Trinajstić information content (AvgIpc) is 2.46. The zero-order chi connectivity index (χ0) is 14.8. The molecule has 20 heavy (non-hydrogen) atoms. The summed E-state index contributed by atoms with van der Waals surface area (Å²) in [6.07, 6.45) is -0.900. The van der Waals surface area contributed by atoms with E-state index in [0.717, 1.165) is 0 Å². The van der Waals surface area contributed by atoms with Crippen molar-refractivity contribution < 1.29 is 22.7 Å². The van der Waals surface area contributed by atoms with Gasteiger partial charge in [0.25, 0.3) is 0 Å². The second-order valence-corrected chi connectivity index (χ2v) is 6.58. The highest BCUT2D eigenvalue weighted by Crippen LogP contribution is 2.21. The first-order valence-corrected chi connectivity index (χ1v) is 7.72. The summed E-state index contributed by atoms with van der Waals surface area (Å²) in [4.78, 5) is 11.5. The minimum Gasteiger partial charge on any atom is -0.467 e. The maximum atomic E-state index is 12.5. The van der Waals surface area contributed by atoms with Gasteiger partial charge >= 0.3 is 5.97 Å². The van der Waals surface area contributed by atoms with Crippen molar-refractivity contribution in [3.05, 3.63) is 29.3 Å². The van der Waals surface area contributed by atoms with E-state index in [1.807, 2.05) is 0 Å². The molecule has 6 nitrogen and oxygen atoms in total. The number of nitrogens with zero attached hydrogens (tertiary/aromatic N) is 1. The van der Waals surface area contributed by atoms with Crippen LogP contribution in [0.2, 0.25) is 5.02 Å². The Bertz CT molecular complexity index is 604. The smallest absolute Gasteiger partial charge is 0.336 e. The molecule has 0 amide bonds. The number of rotatable bonds is 3. The van der Waals surface area contributed by atoms with Gasteiger partial charge in [-0.25, -0.2) is 13.2 Å². The number of morpholine rings is 1. The molecule has 1 aliphatic heterocycles. The third kappa shape index (κ3) is 3.12. The van der Waals surface area contributed by atoms with Crippen LogP contribution >= 0.6 is 11.6 Å². The van der Waals surface area contributed by atoms with Gasteiger partial charge in [-0.2, -0.15) is 4.31 Å². The number of hydrogen-bond donors (Lipinski definition) is 0. The van der Waals surface area contributed by atoms with E-state index in [1.54, 1.807) is 12.1 Å². The zero-order valence-electron chi connectivity index (χ0n) is 10.8. The van der Waals surface area contributed by atoms with Crippen molar-refractivity contribution in [2.75, 3.05) is 26.8 Å². The minimum atomic E-state index is -3.70. The SMILES string of the molecule is COC(=O)C1CN(S(=O)(=O)c2cccc(Cl)c2)CCO1. The quantitative estimate of drug-likeness (QED) is 0.774. The predicted octanol–water partition coefficient (Wildman–Crippen LogP) is 0.902. The van der Waals surface area contributed by atoms with Gasteiger partial charge in [0.1, 0.15) is 0 Å². The van der Waals surface area contributed by atoms with Crippen LogP contribution in [0.15, 0.2) is 29.2 Å². The molecule has 0 spiro atoms. The molecule has 1 aromatic rings. The van der Waals surface area contributed by atoms with Gasteiger partial charge in [0.2, 0.25) is 10.0 Å². The maximum absolute atomic E-state index is 12.5. The first-order valence-electron chi connectivity index (χ1n) is 5.90. The fraction of sp³-hybridized carbons (Fsp3) is 0.417. The lowest BCUT2D eigenvalue weighted by Crippen LogP contribution is -2.48. The molecule has 1 aliphatic rings. The summed E-state index contributed by atoms with van der Waals surface area (Å²) in [6.45, 7) is 0.253. The predicted molar refractivity (Wildman–Crippen MR) is 72.0 cm³/mol. The number of esters is 1. The number of methoxy groups -OCH3 is 1. The summed E-state index contributed by atoms with van der Waals surface area (Å²) in [5.41, 5.74) is 0. The van der Waals surface area contributed by atoms with Gasteiger partial charge in [0.05, 0.1) is 25.2 Å². The van der Waals surface area contributed by atoms with Crippen molar-refractivity contribution in [1.82, 2.24) is 4.31 Å². The van der Waals surface area contributed by atoms with Crippen molar-refractivity contribution >= 4 is 27.6 Å². The number of ether oxygens (including phenoxy) is 2. The fourth-order valence-corrected chi connectivity index (χ4v) is 3.62. The molecule has 0 radical (unpaired) electrons. The maximum Gasteiger partial charge on any atom is 0.336 e. The lowest BCUT2D eigenvalue weighted by atomic mass is 10.3. The van der Waals surface area contributed by atoms with Crippen molar-refractivity contribution in [3.63, 3.8) is 0 Å². The Morgan fingerprint density at radius 2 is 2.25 bits per heavy atom. The Morgan fingerprint density at radius 3 is 2.90 bits per heavy atom. The molecule has 0 bridgehead atoms. The summed E-state index contributed by atoms with van der Waals surface area (Å²) in [6, 6.07) is 5.99. The summed E-state index contributed by atoms with van der Waals surface area (Å²) in [5.74, 6) is -0.587. The van der Waals surface area contributed by atoms with E-state index in [9.17, 15) is 13.2 Å². The summed E-state index contributed by atoms with van der Waals surface area (Å²) in [5, 5.41) is 0.337. The first-order chi connectivity index (χ1) is 9.45. The van der Waals surface area contributed by atoms with Gasteiger partial charge in [0.15, 0.2) is 6.10 Å². The molecule has 8 heteroatoms. The normalized spacial score (nSPS) is 20.6. The van der Waals surface area contributed by atoms with Crippen molar-refractivity contribution in [2.24, 2.45) is 0 Å². The van der Waals surface area contributed by atoms with E-state index in [0.29, 0.717) is 5.02 Å². The minimum absolute atomic E-state index is 0.0679. The molecule has 0 aromatic heterocycles. The van der Waals surface area contributed by atoms with Crippen molar-refractivity contribution in [3.8, 4) is 0 Å². The molecule has 1 saturated heterocycles. The summed E-state index contributed by atoms with van der Waals surface area (Å²) < 4.78 is 35.9. The Hall–Kier alpha value is -1.15. The molecule has 1 aromatic carbocycles. The molecular formula is C12H14ClNO5S. The second-order valence-electron chi connectivity index (χ2n) is 4.20. The Labute approximate surface area is 122 Å². The van der Waals surface area contributed by atoms with Crippen molar-refractivity contribution in [1.29, 1.82) is 0 Å². The van der Waals surface area contributed by atoms with Gasteiger partial charge in [-0.3, -0.25) is 0 Å². The number of carbonyl (C=O) groups excluding carboxylic acids is 1. The van der Waals surface area contributed by atoms with E-state index >= 15 is 0 Å². The topological polar surface area (TPSA) is 72.9 Å². The van der Waals surface area contributed by atoms with E-state index in [-0.39, 0.29) is 24.6 Å². The van der Waals surface area contributed by atoms with Gasteiger partial charge < -0.3 is 9.47 Å². The Balaban J connectivity index is 2.23. The molecule has 1 atom stereocenters. The van der Waals surface area contributed by atoms with E-state index in [4.69, 9.17) is 16.3 Å². The van der Waals surface area contributed by atoms with Crippen LogP contribution in [0.25, 0.3) is 0 Å². The van der Waals surface area contributed by atoms with E-state index in [1.165, 1.54) is 23.5 Å². The molecule has 0 saturated carbocycles. The summed E-state index contributed by atoms with van der Waals surface area (Å²) in [7, 11) is -2.47. The van der Waals surface area contributed by atoms with Gasteiger partial charge in [-0.05, 0) is 18.2 Å². The summed E-state index contributed by atoms with van der Waals surface area (Å²) >= 11 is 5.81. The highest BCUT2D eigenvalue weighted by atomic mass is 35.5. The lowest BCUT2D eigenvalue weighted by Gasteiger charge is -2.30. The highest BCUT2D eigenvalue weighted by Gasteiger charge is 2.34. The third-order valence-electron chi connectivity index (χ3n) is 2.93. The lowest BCUT2D eigenvalue weighted by molar-refractivity contribution is -0.157. The molecule has 1 heterocycles. The monoisotopic (exact) mass is 319 g/mol. The Morgan fingerprint density at radius 1 is 1.50 bits per heavy atom. The highest BCUT2D eigenvalue weighted by molar-refractivity contribution is 7.89. The molecular weight excluding hydrogens is 306 g/mol. The molecule has 0 aliphatic carbocycles. The second kappa shape index (κ2) is 6.09. The van der Waals surface area contributed by atoms with E-state index in [2.05, 4.69) is 4.74 Å². The third-order valence-corrected chi connectivity index (χ3v) is 5.02. The van der Waals surface area contributed by atoms with Crippen LogP contribution in [0.1, 0.15) is 0 Å². The van der Waals surface area contributed by atoms with Crippen LogP contribution in [-0.2, 0) is 24.3 Å². The van der Waals surface area contributed by atoms with Gasteiger partial charge in [-0.15, -0.1) is 0 Å². The molecule has 2 rings (SSSR count). The number of benzene rings is 1. The first kappa shape index (κ1) is 15.2. The number of sulfonamides is 1. The van der Waals surface area contributed by atoms with Crippen LogP contribution in [0.4, 0.5) is 0 Å². The fourth-order valence-electron chi connectivity index (χ4n) is 1.89. The van der Waals surface area contributed by atoms with Crippen LogP contribution in [0.3, 0.4) is 0 Å². The Kier molecular flexibility index (Phi) is 4.64. The zero-order valence-corrected chi connectivity index (χ0v) is 12.4. The molecule has 0 N–H and O–H groups in total. The van der Waals surface area contributed by atoms with E-state index < -0.39 is 22.1 Å². The number of carbonyl (C=O) groups is 1. The van der Waals surface area contributed by atoms with Gasteiger partial charge in [-0.1, -0.05) is 17.7 Å². The van der Waals surface area contributed by atoms with Crippen molar-refractivity contribution in [2.45, 2.75) is 11.0 Å². The van der Waals surface area contributed by atoms with Crippen LogP contribution in [0, 0.1) is 0 Å². The molecule has 1 fully saturated rings. The van der Waals surface area contributed by atoms with Gasteiger partial charge in [0, 0.05) is 11.6 Å². The van der Waals surface area contributed by atoms with Crippen LogP contribution < -0.4 is 0 Å². The van der Waals surface area contributed by atoms with Crippen LogP contribution in [0.5, 0.6) is 0 Å². The molecule has 1 unspecified atom stereocenters. The number of hydrogen-bond acceptors (Lipinski definition) is 5. The average molecular weight is 320 g/mol. The standard InChI is InChI=1S/C12H14ClNO5S/c1-18-12(15)11-8-14(5-6-19-11)20(16,17)10-4-2-3-9(13)7-10/h2-4,7,11H,5-6,8H2,1H3. The van der Waals surface area contributed by atoms with Crippen LogP contribution in [-0.4, -0.2) is 51.6 Å². The molecule has 110 valence electrons. The number of halogens is 1.